The number of benzene rings is 2. The molecule has 0 atom stereocenters. The molecule has 2 aromatic carbocycles. The van der Waals surface area contributed by atoms with Crippen molar-refractivity contribution >= 4 is 33.7 Å². The quantitative estimate of drug-likeness (QED) is 0.915. The lowest BCUT2D eigenvalue weighted by Crippen LogP contribution is -1.99. The molecule has 0 fully saturated rings. The van der Waals surface area contributed by atoms with E-state index in [0.29, 0.717) is 0 Å². The molecule has 0 saturated carbocycles. The van der Waals surface area contributed by atoms with E-state index < -0.39 is 5.97 Å². The van der Waals surface area contributed by atoms with Crippen molar-refractivity contribution in [2.75, 3.05) is 0 Å². The van der Waals surface area contributed by atoms with Crippen molar-refractivity contribution in [3.05, 3.63) is 58.6 Å². The number of hydrogen-bond acceptors (Lipinski definition) is 2. The third-order valence-corrected chi connectivity index (χ3v) is 3.87. The van der Waals surface area contributed by atoms with Crippen molar-refractivity contribution in [2.45, 2.75) is 16.2 Å². The number of hydrogen-bond donors (Lipinski definition) is 1. The standard InChI is InChI=1S/C14H11BrO2S/c15-11-3-7-13(8-4-11)18-12-5-1-10(2-6-12)9-14(16)17/h1-8H,9H2,(H,16,17). The second-order valence-electron chi connectivity index (χ2n) is 3.77. The largest absolute Gasteiger partial charge is 0.481 e. The van der Waals surface area contributed by atoms with Gasteiger partial charge in [-0.15, -0.1) is 0 Å². The van der Waals surface area contributed by atoms with E-state index in [-0.39, 0.29) is 6.42 Å². The molecular weight excluding hydrogens is 312 g/mol. The lowest BCUT2D eigenvalue weighted by molar-refractivity contribution is -0.136. The molecule has 0 amide bonds. The highest BCUT2D eigenvalue weighted by Gasteiger charge is 2.01. The second kappa shape index (κ2) is 6.07. The van der Waals surface area contributed by atoms with Crippen molar-refractivity contribution in [1.82, 2.24) is 0 Å². The number of halogens is 1. The molecule has 0 aliphatic rings. The summed E-state index contributed by atoms with van der Waals surface area (Å²) in [5.41, 5.74) is 0.822. The minimum absolute atomic E-state index is 0.0726. The highest BCUT2D eigenvalue weighted by Crippen LogP contribution is 2.28. The summed E-state index contributed by atoms with van der Waals surface area (Å²) in [5, 5.41) is 8.69. The van der Waals surface area contributed by atoms with Gasteiger partial charge < -0.3 is 5.11 Å². The highest BCUT2D eigenvalue weighted by atomic mass is 79.9. The van der Waals surface area contributed by atoms with E-state index in [1.165, 1.54) is 0 Å². The normalized spacial score (nSPS) is 10.3. The summed E-state index contributed by atoms with van der Waals surface area (Å²) in [4.78, 5) is 12.8. The van der Waals surface area contributed by atoms with Gasteiger partial charge in [-0.25, -0.2) is 0 Å². The van der Waals surface area contributed by atoms with Gasteiger partial charge in [0.2, 0.25) is 0 Å². The average Bonchev–Trinajstić information content (AvgIpc) is 2.34. The zero-order chi connectivity index (χ0) is 13.0. The first-order valence-electron chi connectivity index (χ1n) is 5.37. The summed E-state index contributed by atoms with van der Waals surface area (Å²) < 4.78 is 1.06. The highest BCUT2D eigenvalue weighted by molar-refractivity contribution is 9.10. The molecule has 0 heterocycles. The molecule has 0 bridgehead atoms. The van der Waals surface area contributed by atoms with Crippen LogP contribution in [0.25, 0.3) is 0 Å². The Morgan fingerprint density at radius 1 is 1.00 bits per heavy atom. The molecule has 0 saturated heterocycles. The SMILES string of the molecule is O=C(O)Cc1ccc(Sc2ccc(Br)cc2)cc1. The van der Waals surface area contributed by atoms with Crippen LogP contribution in [0.3, 0.4) is 0 Å². The Hall–Kier alpha value is -1.26. The maximum Gasteiger partial charge on any atom is 0.307 e. The Balaban J connectivity index is 2.06. The number of carboxylic acids is 1. The van der Waals surface area contributed by atoms with Crippen LogP contribution in [-0.2, 0) is 11.2 Å². The Kier molecular flexibility index (Phi) is 4.44. The van der Waals surface area contributed by atoms with Gasteiger partial charge in [-0.2, -0.15) is 0 Å². The fraction of sp³-hybridized carbons (Fsp3) is 0.0714. The van der Waals surface area contributed by atoms with Crippen molar-refractivity contribution < 1.29 is 9.90 Å². The molecule has 0 aliphatic heterocycles. The van der Waals surface area contributed by atoms with Gasteiger partial charge in [-0.1, -0.05) is 39.8 Å². The summed E-state index contributed by atoms with van der Waals surface area (Å²) in [6, 6.07) is 15.7. The fourth-order valence-electron chi connectivity index (χ4n) is 1.49. The summed E-state index contributed by atoms with van der Waals surface area (Å²) >= 11 is 5.05. The van der Waals surface area contributed by atoms with Crippen LogP contribution >= 0.6 is 27.7 Å². The predicted molar refractivity (Wildman–Crippen MR) is 76.0 cm³/mol. The first-order chi connectivity index (χ1) is 8.63. The Bertz CT molecular complexity index is 535. The van der Waals surface area contributed by atoms with Crippen LogP contribution in [0.4, 0.5) is 0 Å². The summed E-state index contributed by atoms with van der Waals surface area (Å²) in [7, 11) is 0. The monoisotopic (exact) mass is 322 g/mol. The molecule has 92 valence electrons. The third kappa shape index (κ3) is 3.89. The molecule has 2 aromatic rings. The zero-order valence-electron chi connectivity index (χ0n) is 9.47. The molecule has 0 aromatic heterocycles. The van der Waals surface area contributed by atoms with E-state index in [0.717, 1.165) is 19.8 Å². The number of carbonyl (C=O) groups is 1. The molecule has 1 N–H and O–H groups in total. The molecule has 0 spiro atoms. The third-order valence-electron chi connectivity index (χ3n) is 2.33. The van der Waals surface area contributed by atoms with Crippen molar-refractivity contribution in [2.24, 2.45) is 0 Å². The Morgan fingerprint density at radius 3 is 2.00 bits per heavy atom. The summed E-state index contributed by atoms with van der Waals surface area (Å²) in [6.45, 7) is 0. The maximum absolute atomic E-state index is 10.6. The lowest BCUT2D eigenvalue weighted by atomic mass is 10.2. The number of carboxylic acid groups (broad SMARTS) is 1. The average molecular weight is 323 g/mol. The van der Waals surface area contributed by atoms with Crippen molar-refractivity contribution in [3.8, 4) is 0 Å². The van der Waals surface area contributed by atoms with Crippen LogP contribution in [0, 0.1) is 0 Å². The van der Waals surface area contributed by atoms with E-state index in [1.807, 2.05) is 48.5 Å². The first kappa shape index (κ1) is 13.2. The maximum atomic E-state index is 10.6. The van der Waals surface area contributed by atoms with Gasteiger partial charge in [0, 0.05) is 14.3 Å². The van der Waals surface area contributed by atoms with Crippen LogP contribution in [-0.4, -0.2) is 11.1 Å². The van der Waals surface area contributed by atoms with Crippen LogP contribution in [0.2, 0.25) is 0 Å². The Morgan fingerprint density at radius 2 is 1.50 bits per heavy atom. The van der Waals surface area contributed by atoms with Gasteiger partial charge in [0.05, 0.1) is 6.42 Å². The van der Waals surface area contributed by atoms with Gasteiger partial charge in [0.15, 0.2) is 0 Å². The molecule has 0 radical (unpaired) electrons. The van der Waals surface area contributed by atoms with E-state index in [2.05, 4.69) is 15.9 Å². The van der Waals surface area contributed by atoms with E-state index in [1.54, 1.807) is 11.8 Å². The van der Waals surface area contributed by atoms with Gasteiger partial charge >= 0.3 is 5.97 Å². The van der Waals surface area contributed by atoms with E-state index in [4.69, 9.17) is 5.11 Å². The molecule has 2 nitrogen and oxygen atoms in total. The van der Waals surface area contributed by atoms with E-state index in [9.17, 15) is 4.79 Å². The van der Waals surface area contributed by atoms with E-state index >= 15 is 0 Å². The zero-order valence-corrected chi connectivity index (χ0v) is 11.9. The Labute approximate surface area is 118 Å². The van der Waals surface area contributed by atoms with Crippen LogP contribution < -0.4 is 0 Å². The molecule has 18 heavy (non-hydrogen) atoms. The van der Waals surface area contributed by atoms with Crippen molar-refractivity contribution in [1.29, 1.82) is 0 Å². The van der Waals surface area contributed by atoms with Gasteiger partial charge in [-0.05, 0) is 42.0 Å². The molecule has 0 unspecified atom stereocenters. The minimum Gasteiger partial charge on any atom is -0.481 e. The van der Waals surface area contributed by atoms with Gasteiger partial charge in [0.25, 0.3) is 0 Å². The molecule has 0 aliphatic carbocycles. The summed E-state index contributed by atoms with van der Waals surface area (Å²) in [6.07, 6.45) is 0.0726. The van der Waals surface area contributed by atoms with Crippen LogP contribution in [0.1, 0.15) is 5.56 Å². The summed E-state index contributed by atoms with van der Waals surface area (Å²) in [5.74, 6) is -0.802. The number of aliphatic carboxylic acids is 1. The molecular formula is C14H11BrO2S. The minimum atomic E-state index is -0.802. The van der Waals surface area contributed by atoms with Gasteiger partial charge in [-0.3, -0.25) is 4.79 Å². The number of rotatable bonds is 4. The lowest BCUT2D eigenvalue weighted by Gasteiger charge is -2.03. The predicted octanol–water partition coefficient (Wildman–Crippen LogP) is 4.23. The molecule has 4 heteroatoms. The second-order valence-corrected chi connectivity index (χ2v) is 5.83. The van der Waals surface area contributed by atoms with Gasteiger partial charge in [0.1, 0.15) is 0 Å². The van der Waals surface area contributed by atoms with Crippen molar-refractivity contribution in [3.63, 3.8) is 0 Å². The van der Waals surface area contributed by atoms with Crippen LogP contribution in [0.15, 0.2) is 62.8 Å². The first-order valence-corrected chi connectivity index (χ1v) is 6.98. The fourth-order valence-corrected chi connectivity index (χ4v) is 2.57. The van der Waals surface area contributed by atoms with Crippen LogP contribution in [0.5, 0.6) is 0 Å². The smallest absolute Gasteiger partial charge is 0.307 e. The molecule has 2 rings (SSSR count). The topological polar surface area (TPSA) is 37.3 Å².